The van der Waals surface area contributed by atoms with Gasteiger partial charge in [-0.15, -0.1) is 18.3 Å². The zero-order valence-corrected chi connectivity index (χ0v) is 12.8. The summed E-state index contributed by atoms with van der Waals surface area (Å²) in [6, 6.07) is 0.271. The number of hydrogen-bond acceptors (Lipinski definition) is 3. The Morgan fingerprint density at radius 1 is 1.39 bits per heavy atom. The highest BCUT2D eigenvalue weighted by Gasteiger charge is 2.37. The summed E-state index contributed by atoms with van der Waals surface area (Å²) in [5.41, 5.74) is 0.155. The highest BCUT2D eigenvalue weighted by molar-refractivity contribution is 8.00. The van der Waals surface area contributed by atoms with E-state index in [0.29, 0.717) is 5.75 Å². The van der Waals surface area contributed by atoms with E-state index in [-0.39, 0.29) is 23.0 Å². The lowest BCUT2D eigenvalue weighted by molar-refractivity contribution is -0.119. The third-order valence-corrected chi connectivity index (χ3v) is 3.96. The molecule has 1 aliphatic heterocycles. The molecule has 104 valence electrons. The van der Waals surface area contributed by atoms with Crippen molar-refractivity contribution in [3.8, 4) is 0 Å². The molecule has 2 N–H and O–H groups in total. The fourth-order valence-electron chi connectivity index (χ4n) is 2.93. The van der Waals surface area contributed by atoms with E-state index in [4.69, 9.17) is 0 Å². The van der Waals surface area contributed by atoms with Crippen LogP contribution in [-0.4, -0.2) is 34.5 Å². The average molecular weight is 270 g/mol. The van der Waals surface area contributed by atoms with Crippen LogP contribution in [0.15, 0.2) is 12.7 Å². The fraction of sp³-hybridized carbons (Fsp3) is 0.786. The molecule has 0 bridgehead atoms. The van der Waals surface area contributed by atoms with Gasteiger partial charge in [-0.3, -0.25) is 4.79 Å². The van der Waals surface area contributed by atoms with Gasteiger partial charge in [0.15, 0.2) is 0 Å². The quantitative estimate of drug-likeness (QED) is 0.595. The van der Waals surface area contributed by atoms with Crippen LogP contribution in [0.2, 0.25) is 0 Å². The smallest absolute Gasteiger partial charge is 0.230 e. The van der Waals surface area contributed by atoms with Crippen molar-refractivity contribution in [3.05, 3.63) is 12.7 Å². The Kier molecular flexibility index (Phi) is 5.29. The van der Waals surface area contributed by atoms with Gasteiger partial charge in [0.2, 0.25) is 5.91 Å². The molecule has 3 nitrogen and oxygen atoms in total. The fourth-order valence-corrected chi connectivity index (χ4v) is 3.48. The first-order valence-electron chi connectivity index (χ1n) is 6.51. The summed E-state index contributed by atoms with van der Waals surface area (Å²) in [5.74, 6) is 1.49. The van der Waals surface area contributed by atoms with Gasteiger partial charge in [0.25, 0.3) is 0 Å². The molecular weight excluding hydrogens is 244 g/mol. The first-order chi connectivity index (χ1) is 8.24. The molecule has 0 aliphatic carbocycles. The van der Waals surface area contributed by atoms with Crippen LogP contribution in [0.25, 0.3) is 0 Å². The van der Waals surface area contributed by atoms with Crippen molar-refractivity contribution in [1.82, 2.24) is 10.6 Å². The second-order valence-corrected chi connectivity index (χ2v) is 7.40. The molecule has 1 saturated heterocycles. The highest BCUT2D eigenvalue weighted by Crippen LogP contribution is 2.28. The third-order valence-electron chi connectivity index (χ3n) is 3.02. The van der Waals surface area contributed by atoms with Gasteiger partial charge in [-0.1, -0.05) is 6.08 Å². The molecule has 0 spiro atoms. The van der Waals surface area contributed by atoms with Crippen molar-refractivity contribution in [2.75, 3.05) is 11.5 Å². The lowest BCUT2D eigenvalue weighted by Gasteiger charge is -2.46. The molecule has 0 radical (unpaired) electrons. The zero-order valence-electron chi connectivity index (χ0n) is 12.0. The Bertz CT molecular complexity index is 297. The highest BCUT2D eigenvalue weighted by atomic mass is 32.2. The van der Waals surface area contributed by atoms with Gasteiger partial charge in [-0.05, 0) is 40.5 Å². The normalized spacial score (nSPS) is 22.4. The van der Waals surface area contributed by atoms with Gasteiger partial charge in [0.05, 0.1) is 5.75 Å². The molecule has 0 aromatic carbocycles. The summed E-state index contributed by atoms with van der Waals surface area (Å²) in [6.45, 7) is 12.4. The molecule has 1 heterocycles. The number of amides is 1. The second-order valence-electron chi connectivity index (χ2n) is 6.37. The summed E-state index contributed by atoms with van der Waals surface area (Å²) in [7, 11) is 0. The Balaban J connectivity index is 2.46. The summed E-state index contributed by atoms with van der Waals surface area (Å²) in [5, 5.41) is 6.77. The Morgan fingerprint density at radius 3 is 2.44 bits per heavy atom. The molecule has 0 atom stereocenters. The van der Waals surface area contributed by atoms with Crippen LogP contribution in [-0.2, 0) is 4.79 Å². The molecule has 1 fully saturated rings. The monoisotopic (exact) mass is 270 g/mol. The van der Waals surface area contributed by atoms with E-state index >= 15 is 0 Å². The van der Waals surface area contributed by atoms with Crippen LogP contribution in [0.1, 0.15) is 40.5 Å². The van der Waals surface area contributed by atoms with Crippen LogP contribution in [0.5, 0.6) is 0 Å². The molecule has 0 aromatic heterocycles. The van der Waals surface area contributed by atoms with Crippen LogP contribution in [0.4, 0.5) is 0 Å². The molecule has 4 heteroatoms. The second kappa shape index (κ2) is 6.11. The van der Waals surface area contributed by atoms with Gasteiger partial charge in [0, 0.05) is 22.9 Å². The standard InChI is InChI=1S/C14H26N2OS/c1-6-7-18-10-12(17)15-11-8-13(2,3)16-14(4,5)9-11/h6,11,16H,1,7-10H2,2-5H3,(H,15,17). The zero-order chi connectivity index (χ0) is 13.8. The maximum atomic E-state index is 11.8. The molecule has 18 heavy (non-hydrogen) atoms. The van der Waals surface area contributed by atoms with Crippen molar-refractivity contribution in [3.63, 3.8) is 0 Å². The van der Waals surface area contributed by atoms with Gasteiger partial charge in [-0.25, -0.2) is 0 Å². The number of rotatable bonds is 5. The molecule has 0 saturated carbocycles. The van der Waals surface area contributed by atoms with Gasteiger partial charge in [0.1, 0.15) is 0 Å². The predicted octanol–water partition coefficient (Wildman–Crippen LogP) is 2.33. The topological polar surface area (TPSA) is 41.1 Å². The van der Waals surface area contributed by atoms with Crippen molar-refractivity contribution in [2.45, 2.75) is 57.7 Å². The number of hydrogen-bond donors (Lipinski definition) is 2. The summed E-state index contributed by atoms with van der Waals surface area (Å²) < 4.78 is 0. The largest absolute Gasteiger partial charge is 0.353 e. The molecule has 0 unspecified atom stereocenters. The SMILES string of the molecule is C=CCSCC(=O)NC1CC(C)(C)NC(C)(C)C1. The minimum atomic E-state index is 0.0773. The Morgan fingerprint density at radius 2 is 1.94 bits per heavy atom. The van der Waals surface area contributed by atoms with E-state index < -0.39 is 0 Å². The van der Waals surface area contributed by atoms with Gasteiger partial charge >= 0.3 is 0 Å². The van der Waals surface area contributed by atoms with Crippen LogP contribution in [0, 0.1) is 0 Å². The minimum Gasteiger partial charge on any atom is -0.353 e. The summed E-state index contributed by atoms with van der Waals surface area (Å²) >= 11 is 1.60. The van der Waals surface area contributed by atoms with Crippen LogP contribution < -0.4 is 10.6 Å². The predicted molar refractivity (Wildman–Crippen MR) is 80.0 cm³/mol. The van der Waals surface area contributed by atoms with Crippen molar-refractivity contribution < 1.29 is 4.79 Å². The van der Waals surface area contributed by atoms with E-state index in [1.165, 1.54) is 0 Å². The lowest BCUT2D eigenvalue weighted by Crippen LogP contribution is -2.62. The van der Waals surface area contributed by atoms with Crippen LogP contribution in [0.3, 0.4) is 0 Å². The van der Waals surface area contributed by atoms with E-state index in [9.17, 15) is 4.79 Å². The number of carbonyl (C=O) groups excluding carboxylic acids is 1. The van der Waals surface area contributed by atoms with Gasteiger partial charge in [-0.2, -0.15) is 0 Å². The maximum Gasteiger partial charge on any atom is 0.230 e. The average Bonchev–Trinajstić information content (AvgIpc) is 2.12. The lowest BCUT2D eigenvalue weighted by atomic mass is 9.79. The number of piperidine rings is 1. The summed E-state index contributed by atoms with van der Waals surface area (Å²) in [4.78, 5) is 11.8. The molecule has 1 aliphatic rings. The van der Waals surface area contributed by atoms with Gasteiger partial charge < -0.3 is 10.6 Å². The van der Waals surface area contributed by atoms with E-state index in [1.54, 1.807) is 11.8 Å². The first-order valence-corrected chi connectivity index (χ1v) is 7.67. The first kappa shape index (κ1) is 15.6. The third kappa shape index (κ3) is 5.44. The number of carbonyl (C=O) groups is 1. The van der Waals surface area contributed by atoms with E-state index in [0.717, 1.165) is 18.6 Å². The number of nitrogens with one attached hydrogen (secondary N) is 2. The van der Waals surface area contributed by atoms with Crippen LogP contribution >= 0.6 is 11.8 Å². The number of thioether (sulfide) groups is 1. The maximum absolute atomic E-state index is 11.8. The Hall–Kier alpha value is -0.480. The molecule has 1 rings (SSSR count). The van der Waals surface area contributed by atoms with Crippen molar-refractivity contribution in [2.24, 2.45) is 0 Å². The van der Waals surface area contributed by atoms with E-state index in [1.807, 2.05) is 6.08 Å². The molecule has 0 aromatic rings. The Labute approximate surface area is 115 Å². The minimum absolute atomic E-state index is 0.0773. The van der Waals surface area contributed by atoms with Crippen molar-refractivity contribution >= 4 is 17.7 Å². The summed E-state index contributed by atoms with van der Waals surface area (Å²) in [6.07, 6.45) is 3.79. The molecular formula is C14H26N2OS. The van der Waals surface area contributed by atoms with E-state index in [2.05, 4.69) is 44.9 Å². The molecule has 1 amide bonds. The van der Waals surface area contributed by atoms with Crippen molar-refractivity contribution in [1.29, 1.82) is 0 Å².